The summed E-state index contributed by atoms with van der Waals surface area (Å²) in [7, 11) is 0. The predicted molar refractivity (Wildman–Crippen MR) is 71.7 cm³/mol. The molecule has 0 aliphatic heterocycles. The summed E-state index contributed by atoms with van der Waals surface area (Å²) >= 11 is 13.0. The summed E-state index contributed by atoms with van der Waals surface area (Å²) in [6, 6.07) is 11.4. The SMILES string of the molecule is N#Cc1c(F)cccc1Sc1cc(Cl)cc(Cl)c1. The Morgan fingerprint density at radius 3 is 2.39 bits per heavy atom. The third kappa shape index (κ3) is 2.97. The van der Waals surface area contributed by atoms with Gasteiger partial charge in [-0.05, 0) is 30.3 Å². The summed E-state index contributed by atoms with van der Waals surface area (Å²) < 4.78 is 13.4. The lowest BCUT2D eigenvalue weighted by atomic mass is 10.2. The molecule has 0 bridgehead atoms. The van der Waals surface area contributed by atoms with Crippen molar-refractivity contribution in [3.8, 4) is 6.07 Å². The first-order valence-corrected chi connectivity index (χ1v) is 6.50. The maximum atomic E-state index is 13.4. The lowest BCUT2D eigenvalue weighted by molar-refractivity contribution is 0.620. The maximum Gasteiger partial charge on any atom is 0.142 e. The van der Waals surface area contributed by atoms with Gasteiger partial charge in [0, 0.05) is 19.8 Å². The molecule has 0 spiro atoms. The van der Waals surface area contributed by atoms with Crippen LogP contribution in [0.4, 0.5) is 4.39 Å². The molecule has 5 heteroatoms. The van der Waals surface area contributed by atoms with E-state index in [1.165, 1.54) is 17.8 Å². The summed E-state index contributed by atoms with van der Waals surface area (Å²) in [6.45, 7) is 0. The van der Waals surface area contributed by atoms with Crippen LogP contribution in [-0.4, -0.2) is 0 Å². The fourth-order valence-electron chi connectivity index (χ4n) is 1.41. The van der Waals surface area contributed by atoms with Gasteiger partial charge in [-0.3, -0.25) is 0 Å². The van der Waals surface area contributed by atoms with Crippen LogP contribution >= 0.6 is 35.0 Å². The van der Waals surface area contributed by atoms with E-state index in [9.17, 15) is 4.39 Å². The van der Waals surface area contributed by atoms with Gasteiger partial charge >= 0.3 is 0 Å². The first-order chi connectivity index (χ1) is 8.60. The highest BCUT2D eigenvalue weighted by atomic mass is 35.5. The zero-order chi connectivity index (χ0) is 13.1. The molecule has 0 aliphatic carbocycles. The molecule has 0 unspecified atom stereocenters. The lowest BCUT2D eigenvalue weighted by Gasteiger charge is -2.05. The van der Waals surface area contributed by atoms with Crippen LogP contribution in [0.2, 0.25) is 10.0 Å². The lowest BCUT2D eigenvalue weighted by Crippen LogP contribution is -1.87. The molecule has 0 fully saturated rings. The highest BCUT2D eigenvalue weighted by Crippen LogP contribution is 2.34. The third-order valence-electron chi connectivity index (χ3n) is 2.15. The second kappa shape index (κ2) is 5.62. The molecule has 2 rings (SSSR count). The first-order valence-electron chi connectivity index (χ1n) is 4.92. The Kier molecular flexibility index (Phi) is 4.13. The monoisotopic (exact) mass is 297 g/mol. The summed E-state index contributed by atoms with van der Waals surface area (Å²) in [6.07, 6.45) is 0. The summed E-state index contributed by atoms with van der Waals surface area (Å²) in [5, 5.41) is 9.93. The van der Waals surface area contributed by atoms with Gasteiger partial charge in [0.2, 0.25) is 0 Å². The van der Waals surface area contributed by atoms with Crippen molar-refractivity contribution in [2.75, 3.05) is 0 Å². The van der Waals surface area contributed by atoms with Gasteiger partial charge in [0.05, 0.1) is 0 Å². The van der Waals surface area contributed by atoms with Gasteiger partial charge in [-0.1, -0.05) is 41.0 Å². The van der Waals surface area contributed by atoms with Crippen molar-refractivity contribution in [2.24, 2.45) is 0 Å². The fourth-order valence-corrected chi connectivity index (χ4v) is 3.09. The van der Waals surface area contributed by atoms with Crippen LogP contribution in [0.25, 0.3) is 0 Å². The van der Waals surface area contributed by atoms with E-state index in [0.717, 1.165) is 4.90 Å². The van der Waals surface area contributed by atoms with Gasteiger partial charge in [-0.15, -0.1) is 0 Å². The van der Waals surface area contributed by atoms with E-state index in [4.69, 9.17) is 28.5 Å². The summed E-state index contributed by atoms with van der Waals surface area (Å²) in [5.41, 5.74) is 0.0265. The zero-order valence-electron chi connectivity index (χ0n) is 8.95. The van der Waals surface area contributed by atoms with Crippen LogP contribution in [0, 0.1) is 17.1 Å². The van der Waals surface area contributed by atoms with Crippen molar-refractivity contribution >= 4 is 35.0 Å². The number of benzene rings is 2. The van der Waals surface area contributed by atoms with E-state index in [-0.39, 0.29) is 5.56 Å². The van der Waals surface area contributed by atoms with Gasteiger partial charge in [0.1, 0.15) is 17.4 Å². The molecule has 0 saturated carbocycles. The molecule has 0 aromatic heterocycles. The molecule has 0 atom stereocenters. The molecule has 2 aromatic rings. The normalized spacial score (nSPS) is 10.1. The van der Waals surface area contributed by atoms with Gasteiger partial charge in [0.25, 0.3) is 0 Å². The highest BCUT2D eigenvalue weighted by Gasteiger charge is 2.09. The second-order valence-electron chi connectivity index (χ2n) is 3.43. The van der Waals surface area contributed by atoms with Gasteiger partial charge in [-0.25, -0.2) is 4.39 Å². The van der Waals surface area contributed by atoms with Crippen LogP contribution in [0.1, 0.15) is 5.56 Å². The summed E-state index contributed by atoms with van der Waals surface area (Å²) in [5.74, 6) is -0.532. The molecule has 0 aliphatic rings. The van der Waals surface area contributed by atoms with E-state index >= 15 is 0 Å². The van der Waals surface area contributed by atoms with Crippen molar-refractivity contribution in [1.82, 2.24) is 0 Å². The molecule has 0 heterocycles. The third-order valence-corrected chi connectivity index (χ3v) is 3.62. The minimum Gasteiger partial charge on any atom is -0.206 e. The van der Waals surface area contributed by atoms with E-state index in [0.29, 0.717) is 14.9 Å². The van der Waals surface area contributed by atoms with Gasteiger partial charge in [0.15, 0.2) is 0 Å². The zero-order valence-corrected chi connectivity index (χ0v) is 11.3. The minimum absolute atomic E-state index is 0.0265. The predicted octanol–water partition coefficient (Wildman–Crippen LogP) is 5.16. The number of hydrogen-bond acceptors (Lipinski definition) is 2. The molecule has 0 saturated heterocycles. The standard InChI is InChI=1S/C13H6Cl2FNS/c14-8-4-9(15)6-10(5-8)18-13-3-1-2-12(16)11(13)7-17/h1-6H. The van der Waals surface area contributed by atoms with Crippen molar-refractivity contribution in [3.05, 3.63) is 57.8 Å². The topological polar surface area (TPSA) is 23.8 Å². The number of rotatable bonds is 2. The molecular weight excluding hydrogens is 292 g/mol. The van der Waals surface area contributed by atoms with Crippen molar-refractivity contribution < 1.29 is 4.39 Å². The average molecular weight is 298 g/mol. The maximum absolute atomic E-state index is 13.4. The van der Waals surface area contributed by atoms with Crippen molar-refractivity contribution in [1.29, 1.82) is 5.26 Å². The van der Waals surface area contributed by atoms with Crippen LogP contribution in [0.3, 0.4) is 0 Å². The molecule has 2 aromatic carbocycles. The minimum atomic E-state index is -0.532. The van der Waals surface area contributed by atoms with Crippen LogP contribution < -0.4 is 0 Å². The largest absolute Gasteiger partial charge is 0.206 e. The molecule has 0 N–H and O–H groups in total. The Hall–Kier alpha value is -1.21. The van der Waals surface area contributed by atoms with Crippen LogP contribution in [0.5, 0.6) is 0 Å². The number of nitriles is 1. The van der Waals surface area contributed by atoms with Crippen molar-refractivity contribution in [2.45, 2.75) is 9.79 Å². The highest BCUT2D eigenvalue weighted by molar-refractivity contribution is 7.99. The second-order valence-corrected chi connectivity index (χ2v) is 5.42. The number of nitrogens with zero attached hydrogens (tertiary/aromatic N) is 1. The van der Waals surface area contributed by atoms with Crippen LogP contribution in [0.15, 0.2) is 46.2 Å². The smallest absolute Gasteiger partial charge is 0.142 e. The molecule has 0 amide bonds. The molecule has 0 radical (unpaired) electrons. The fraction of sp³-hybridized carbons (Fsp3) is 0. The Balaban J connectivity index is 2.40. The van der Waals surface area contributed by atoms with E-state index in [1.54, 1.807) is 30.3 Å². The molecule has 18 heavy (non-hydrogen) atoms. The summed E-state index contributed by atoms with van der Waals surface area (Å²) in [4.78, 5) is 1.30. The first kappa shape index (κ1) is 13.2. The average Bonchev–Trinajstić information content (AvgIpc) is 2.27. The quantitative estimate of drug-likeness (QED) is 0.765. The molecule has 1 nitrogen and oxygen atoms in total. The van der Waals surface area contributed by atoms with E-state index in [2.05, 4.69) is 0 Å². The van der Waals surface area contributed by atoms with E-state index in [1.807, 2.05) is 6.07 Å². The molecular formula is C13H6Cl2FNS. The van der Waals surface area contributed by atoms with Gasteiger partial charge < -0.3 is 0 Å². The molecule has 90 valence electrons. The van der Waals surface area contributed by atoms with Crippen molar-refractivity contribution in [3.63, 3.8) is 0 Å². The van der Waals surface area contributed by atoms with E-state index < -0.39 is 5.82 Å². The number of halogens is 3. The number of hydrogen-bond donors (Lipinski definition) is 0. The Morgan fingerprint density at radius 1 is 1.11 bits per heavy atom. The Morgan fingerprint density at radius 2 is 1.78 bits per heavy atom. The van der Waals surface area contributed by atoms with Crippen LogP contribution in [-0.2, 0) is 0 Å². The Bertz CT molecular complexity index is 617. The Labute approximate surface area is 118 Å². The van der Waals surface area contributed by atoms with Gasteiger partial charge in [-0.2, -0.15) is 5.26 Å².